The van der Waals surface area contributed by atoms with Crippen molar-refractivity contribution in [3.05, 3.63) is 52.2 Å². The van der Waals surface area contributed by atoms with Gasteiger partial charge in [0.25, 0.3) is 0 Å². The maximum absolute atomic E-state index is 11.4. The van der Waals surface area contributed by atoms with E-state index in [1.165, 1.54) is 0 Å². The lowest BCUT2D eigenvalue weighted by atomic mass is 9.84. The summed E-state index contributed by atoms with van der Waals surface area (Å²) < 4.78 is 22.8. The van der Waals surface area contributed by atoms with Gasteiger partial charge in [0.2, 0.25) is 0 Å². The number of aliphatic hydroxyl groups is 5. The average Bonchev–Trinajstić information content (AvgIpc) is 2.97. The molecule has 2 saturated heterocycles. The monoisotopic (exact) mass is 597 g/mol. The van der Waals surface area contributed by atoms with Crippen LogP contribution in [0.3, 0.4) is 0 Å². The number of azide groups is 5. The molecule has 1 aliphatic carbocycles. The molecule has 0 radical (unpaired) electrons. The van der Waals surface area contributed by atoms with Crippen LogP contribution in [0, 0.1) is 0 Å². The Kier molecular flexibility index (Phi) is 12.0. The zero-order valence-electron chi connectivity index (χ0n) is 21.5. The zero-order chi connectivity index (χ0) is 30.8. The van der Waals surface area contributed by atoms with Gasteiger partial charge in [-0.15, -0.1) is 0 Å². The van der Waals surface area contributed by atoms with E-state index in [0.717, 1.165) is 0 Å². The first-order valence-corrected chi connectivity index (χ1v) is 12.4. The van der Waals surface area contributed by atoms with Crippen molar-refractivity contribution < 1.29 is 44.5 Å². The second-order valence-corrected chi connectivity index (χ2v) is 9.41. The van der Waals surface area contributed by atoms with Gasteiger partial charge in [-0.3, -0.25) is 0 Å². The largest absolute Gasteiger partial charge is 0.394 e. The minimum absolute atomic E-state index is 0.190. The summed E-state index contributed by atoms with van der Waals surface area (Å²) in [6.45, 7) is -1.09. The molecule has 24 heteroatoms. The van der Waals surface area contributed by atoms with Gasteiger partial charge in [0.1, 0.15) is 18.3 Å². The zero-order valence-corrected chi connectivity index (χ0v) is 21.5. The van der Waals surface area contributed by atoms with E-state index in [2.05, 4.69) is 50.1 Å². The minimum Gasteiger partial charge on any atom is -0.394 e. The van der Waals surface area contributed by atoms with Crippen LogP contribution in [-0.4, -0.2) is 124 Å². The van der Waals surface area contributed by atoms with Crippen molar-refractivity contribution in [2.45, 2.75) is 98.4 Å². The Morgan fingerprint density at radius 3 is 1.74 bits per heavy atom. The van der Waals surface area contributed by atoms with Crippen molar-refractivity contribution in [3.8, 4) is 0 Å². The number of aliphatic hydroxyl groups excluding tert-OH is 5. The van der Waals surface area contributed by atoms with Crippen LogP contribution in [0.4, 0.5) is 0 Å². The molecule has 0 spiro atoms. The van der Waals surface area contributed by atoms with Gasteiger partial charge in [0.15, 0.2) is 12.6 Å². The van der Waals surface area contributed by atoms with Crippen molar-refractivity contribution in [2.24, 2.45) is 25.6 Å². The van der Waals surface area contributed by atoms with Crippen molar-refractivity contribution in [1.29, 1.82) is 0 Å². The third kappa shape index (κ3) is 7.33. The number of rotatable bonds is 11. The fraction of sp³-hybridized carbons (Fsp3) is 1.00. The van der Waals surface area contributed by atoms with E-state index in [9.17, 15) is 25.5 Å². The predicted molar refractivity (Wildman–Crippen MR) is 133 cm³/mol. The Morgan fingerprint density at radius 1 is 0.643 bits per heavy atom. The van der Waals surface area contributed by atoms with Crippen molar-refractivity contribution >= 4 is 0 Å². The molecule has 3 fully saturated rings. The highest BCUT2D eigenvalue weighted by Crippen LogP contribution is 2.36. The van der Waals surface area contributed by atoms with E-state index in [1.54, 1.807) is 0 Å². The molecule has 2 aliphatic heterocycles. The van der Waals surface area contributed by atoms with Gasteiger partial charge >= 0.3 is 0 Å². The maximum atomic E-state index is 11.4. The third-order valence-electron chi connectivity index (χ3n) is 6.99. The highest BCUT2D eigenvalue weighted by molar-refractivity contribution is 5.04. The van der Waals surface area contributed by atoms with E-state index in [1.807, 2.05) is 0 Å². The SMILES string of the molecule is [N-]=[N+]=NC[C@H]1O[C@H](O[C@H]2[C@H](O)[C@@H](O[C@@H]3O[C@@H](CO)[C@H](O)[C@@H](N=[N+]=[N-])[C@@H]3O)[C@H](N=[N+]=[N-])C[C@@H]2N=[N+]=[N-])[C@H](N=[N+]=[N-])C[C@@H]1O. The Hall–Kier alpha value is -3.81. The molecule has 24 nitrogen and oxygen atoms in total. The summed E-state index contributed by atoms with van der Waals surface area (Å²) in [4.78, 5) is 13.3. The molecule has 228 valence electrons. The summed E-state index contributed by atoms with van der Waals surface area (Å²) >= 11 is 0. The van der Waals surface area contributed by atoms with Gasteiger partial charge in [-0.05, 0) is 40.5 Å². The third-order valence-corrected chi connectivity index (χ3v) is 6.99. The van der Waals surface area contributed by atoms with Gasteiger partial charge in [0.05, 0.1) is 67.8 Å². The van der Waals surface area contributed by atoms with E-state index in [0.29, 0.717) is 0 Å². The molecular formula is C18H27N15O9. The summed E-state index contributed by atoms with van der Waals surface area (Å²) in [5, 5.41) is 69.7. The highest BCUT2D eigenvalue weighted by atomic mass is 16.7. The van der Waals surface area contributed by atoms with E-state index >= 15 is 0 Å². The molecule has 0 aromatic rings. The molecular weight excluding hydrogens is 570 g/mol. The Bertz CT molecular complexity index is 1180. The van der Waals surface area contributed by atoms with Crippen LogP contribution >= 0.6 is 0 Å². The van der Waals surface area contributed by atoms with Gasteiger partial charge in [-0.25, -0.2) is 0 Å². The normalized spacial score (nSPS) is 41.5. The van der Waals surface area contributed by atoms with Crippen LogP contribution in [-0.2, 0) is 18.9 Å². The fourth-order valence-corrected chi connectivity index (χ4v) is 4.98. The van der Waals surface area contributed by atoms with Crippen molar-refractivity contribution in [1.82, 2.24) is 0 Å². The molecule has 3 aliphatic rings. The second kappa shape index (κ2) is 15.4. The van der Waals surface area contributed by atoms with E-state index in [-0.39, 0.29) is 19.4 Å². The van der Waals surface area contributed by atoms with Crippen LogP contribution in [0.5, 0.6) is 0 Å². The second-order valence-electron chi connectivity index (χ2n) is 9.41. The topological polar surface area (TPSA) is 382 Å². The molecule has 0 aromatic heterocycles. The Balaban J connectivity index is 1.94. The molecule has 0 amide bonds. The number of hydrogen-bond donors (Lipinski definition) is 5. The van der Waals surface area contributed by atoms with E-state index in [4.69, 9.17) is 46.6 Å². The lowest BCUT2D eigenvalue weighted by molar-refractivity contribution is -0.314. The maximum Gasteiger partial charge on any atom is 0.184 e. The van der Waals surface area contributed by atoms with Crippen LogP contribution in [0.2, 0.25) is 0 Å². The first-order valence-electron chi connectivity index (χ1n) is 12.4. The van der Waals surface area contributed by atoms with E-state index < -0.39 is 92.2 Å². The fourth-order valence-electron chi connectivity index (χ4n) is 4.98. The molecule has 0 unspecified atom stereocenters. The molecule has 14 atom stereocenters. The first kappa shape index (κ1) is 32.7. The van der Waals surface area contributed by atoms with Gasteiger partial charge in [-0.2, -0.15) is 0 Å². The Morgan fingerprint density at radius 2 is 1.19 bits per heavy atom. The lowest BCUT2D eigenvalue weighted by Gasteiger charge is -2.47. The predicted octanol–water partition coefficient (Wildman–Crippen LogP) is 0.462. The summed E-state index contributed by atoms with van der Waals surface area (Å²) in [5.74, 6) is 0. The van der Waals surface area contributed by atoms with Gasteiger partial charge < -0.3 is 44.5 Å². The molecule has 5 N–H and O–H groups in total. The molecule has 1 saturated carbocycles. The quantitative estimate of drug-likeness (QED) is 0.125. The van der Waals surface area contributed by atoms with Crippen LogP contribution in [0.15, 0.2) is 25.6 Å². The van der Waals surface area contributed by atoms with Crippen molar-refractivity contribution in [2.75, 3.05) is 13.2 Å². The summed E-state index contributed by atoms with van der Waals surface area (Å²) in [6, 6.07) is -5.17. The number of nitrogens with zero attached hydrogens (tertiary/aromatic N) is 15. The molecule has 0 bridgehead atoms. The van der Waals surface area contributed by atoms with Crippen LogP contribution < -0.4 is 0 Å². The summed E-state index contributed by atoms with van der Waals surface area (Å²) in [6.07, 6.45) is -15.7. The van der Waals surface area contributed by atoms with Crippen LogP contribution in [0.25, 0.3) is 52.2 Å². The van der Waals surface area contributed by atoms with Crippen molar-refractivity contribution in [3.63, 3.8) is 0 Å². The minimum atomic E-state index is -1.82. The van der Waals surface area contributed by atoms with Gasteiger partial charge in [0, 0.05) is 24.6 Å². The van der Waals surface area contributed by atoms with Crippen LogP contribution in [0.1, 0.15) is 12.8 Å². The Labute approximate surface area is 234 Å². The average molecular weight is 598 g/mol. The number of hydrogen-bond acceptors (Lipinski definition) is 14. The van der Waals surface area contributed by atoms with Gasteiger partial charge in [-0.1, -0.05) is 25.6 Å². The highest BCUT2D eigenvalue weighted by Gasteiger charge is 2.52. The smallest absolute Gasteiger partial charge is 0.184 e. The number of ether oxygens (including phenoxy) is 4. The standard InChI is InChI=1S/C18H27N15O9/c19-29-24-3-9-8(35)2-7(27-32-22)17(39-9)41-15-5(25-30-20)1-6(26-31-21)16(14(15)38)42-18-13(37)11(28-33-23)12(36)10(4-34)40-18/h5-18,34-38H,1-4H2/t5-,6+,7+,8-,9+,10-,11+,12-,13-,14-,15+,16-,17+,18-/m0/s1. The summed E-state index contributed by atoms with van der Waals surface area (Å²) in [5.41, 5.74) is 44.8. The molecule has 3 rings (SSSR count). The lowest BCUT2D eigenvalue weighted by Crippen LogP contribution is -2.63. The summed E-state index contributed by atoms with van der Waals surface area (Å²) in [7, 11) is 0. The first-order chi connectivity index (χ1) is 20.2. The molecule has 2 heterocycles. The molecule has 0 aromatic carbocycles. The molecule has 42 heavy (non-hydrogen) atoms.